The van der Waals surface area contributed by atoms with Gasteiger partial charge in [-0.1, -0.05) is 0 Å². The van der Waals surface area contributed by atoms with Gasteiger partial charge in [0.15, 0.2) is 0 Å². The van der Waals surface area contributed by atoms with Gasteiger partial charge in [0.2, 0.25) is 0 Å². The van der Waals surface area contributed by atoms with Crippen LogP contribution in [0.5, 0.6) is 5.75 Å². The molecule has 1 aromatic carbocycles. The summed E-state index contributed by atoms with van der Waals surface area (Å²) in [5.41, 5.74) is 7.57. The Morgan fingerprint density at radius 1 is 1.44 bits per heavy atom. The third-order valence-corrected chi connectivity index (χ3v) is 3.77. The number of nitrogens with one attached hydrogen (secondary N) is 1. The van der Waals surface area contributed by atoms with Crippen LogP contribution < -0.4 is 15.8 Å². The third kappa shape index (κ3) is 3.52. The molecule has 0 aliphatic rings. The summed E-state index contributed by atoms with van der Waals surface area (Å²) in [5.74, 6) is 0.818. The predicted octanol–water partition coefficient (Wildman–Crippen LogP) is 2.83. The zero-order valence-corrected chi connectivity index (χ0v) is 11.1. The van der Waals surface area contributed by atoms with Gasteiger partial charge in [0.1, 0.15) is 5.75 Å². The number of rotatable bonds is 5. The molecule has 0 amide bonds. The second-order valence-corrected chi connectivity index (χ2v) is 5.78. The summed E-state index contributed by atoms with van der Waals surface area (Å²) in [6.45, 7) is 5.26. The van der Waals surface area contributed by atoms with Crippen molar-refractivity contribution in [3.63, 3.8) is 0 Å². The molecule has 90 valence electrons. The van der Waals surface area contributed by atoms with Gasteiger partial charge in [0.05, 0.1) is 18.5 Å². The molecule has 0 bridgehead atoms. The van der Waals surface area contributed by atoms with Gasteiger partial charge < -0.3 is 15.8 Å². The fraction of sp³-hybridized carbons (Fsp3) is 0.500. The molecule has 3 N–H and O–H groups in total. The van der Waals surface area contributed by atoms with Crippen molar-refractivity contribution in [2.45, 2.75) is 18.6 Å². The lowest BCUT2D eigenvalue weighted by molar-refractivity contribution is 0.415. The van der Waals surface area contributed by atoms with E-state index in [1.807, 2.05) is 30.0 Å². The Kier molecular flexibility index (Phi) is 4.35. The van der Waals surface area contributed by atoms with E-state index in [2.05, 4.69) is 25.4 Å². The van der Waals surface area contributed by atoms with E-state index in [1.54, 1.807) is 7.11 Å². The first-order valence-electron chi connectivity index (χ1n) is 5.21. The van der Waals surface area contributed by atoms with Crippen molar-refractivity contribution >= 4 is 23.1 Å². The fourth-order valence-electron chi connectivity index (χ4n) is 1.20. The van der Waals surface area contributed by atoms with E-state index in [1.165, 1.54) is 0 Å². The minimum atomic E-state index is 0.190. The molecule has 0 aliphatic carbocycles. The van der Waals surface area contributed by atoms with Crippen LogP contribution in [0.1, 0.15) is 13.8 Å². The number of thioether (sulfide) groups is 1. The van der Waals surface area contributed by atoms with Crippen LogP contribution >= 0.6 is 11.8 Å². The lowest BCUT2D eigenvalue weighted by Gasteiger charge is -2.23. The molecular formula is C12H20N2OS. The molecule has 0 saturated carbocycles. The molecule has 0 spiro atoms. The quantitative estimate of drug-likeness (QED) is 0.777. The van der Waals surface area contributed by atoms with Crippen molar-refractivity contribution in [2.24, 2.45) is 0 Å². The standard InChI is InChI=1S/C12H20N2OS/c1-12(2,16-4)8-14-11-7-9(15-3)5-6-10(11)13/h5-7,14H,8,13H2,1-4H3. The Balaban J connectivity index is 2.73. The van der Waals surface area contributed by atoms with Crippen molar-refractivity contribution < 1.29 is 4.74 Å². The SMILES string of the molecule is COc1ccc(N)c(NCC(C)(C)SC)c1. The van der Waals surface area contributed by atoms with E-state index in [0.29, 0.717) is 0 Å². The first-order valence-corrected chi connectivity index (χ1v) is 6.43. The van der Waals surface area contributed by atoms with Gasteiger partial charge in [-0.2, -0.15) is 11.8 Å². The summed E-state index contributed by atoms with van der Waals surface area (Å²) in [4.78, 5) is 0. The van der Waals surface area contributed by atoms with Crippen LogP contribution in [0.2, 0.25) is 0 Å². The van der Waals surface area contributed by atoms with E-state index < -0.39 is 0 Å². The van der Waals surface area contributed by atoms with Crippen molar-refractivity contribution in [3.8, 4) is 5.75 Å². The van der Waals surface area contributed by atoms with Crippen molar-refractivity contribution in [1.29, 1.82) is 0 Å². The van der Waals surface area contributed by atoms with Crippen LogP contribution in [0.15, 0.2) is 18.2 Å². The summed E-state index contributed by atoms with van der Waals surface area (Å²) in [5, 5.41) is 3.35. The minimum absolute atomic E-state index is 0.190. The summed E-state index contributed by atoms with van der Waals surface area (Å²) in [7, 11) is 1.65. The molecule has 0 unspecified atom stereocenters. The number of methoxy groups -OCH3 is 1. The molecule has 0 saturated heterocycles. The van der Waals surface area contributed by atoms with E-state index in [-0.39, 0.29) is 4.75 Å². The van der Waals surface area contributed by atoms with Crippen LogP contribution in [0.3, 0.4) is 0 Å². The average Bonchev–Trinajstić information content (AvgIpc) is 2.28. The summed E-state index contributed by atoms with van der Waals surface area (Å²) in [6, 6.07) is 5.64. The Hall–Kier alpha value is -1.03. The molecule has 0 aromatic heterocycles. The fourth-order valence-corrected chi connectivity index (χ4v) is 1.41. The topological polar surface area (TPSA) is 47.3 Å². The van der Waals surface area contributed by atoms with Gasteiger partial charge in [0.25, 0.3) is 0 Å². The van der Waals surface area contributed by atoms with Crippen LogP contribution in [0, 0.1) is 0 Å². The Bertz CT molecular complexity index is 353. The molecule has 4 heteroatoms. The first kappa shape index (κ1) is 13.0. The molecule has 0 heterocycles. The van der Waals surface area contributed by atoms with Gasteiger partial charge in [0, 0.05) is 17.4 Å². The van der Waals surface area contributed by atoms with Crippen LogP contribution in [-0.4, -0.2) is 24.7 Å². The number of ether oxygens (including phenoxy) is 1. The number of nitrogen functional groups attached to an aromatic ring is 1. The normalized spacial score (nSPS) is 11.2. The molecule has 3 nitrogen and oxygen atoms in total. The van der Waals surface area contributed by atoms with Gasteiger partial charge in [-0.05, 0) is 32.2 Å². The zero-order valence-electron chi connectivity index (χ0n) is 10.3. The van der Waals surface area contributed by atoms with Gasteiger partial charge >= 0.3 is 0 Å². The second kappa shape index (κ2) is 5.34. The average molecular weight is 240 g/mol. The molecule has 0 atom stereocenters. The maximum atomic E-state index is 5.89. The van der Waals surface area contributed by atoms with Crippen molar-refractivity contribution in [3.05, 3.63) is 18.2 Å². The van der Waals surface area contributed by atoms with Crippen molar-refractivity contribution in [1.82, 2.24) is 0 Å². The Morgan fingerprint density at radius 2 is 2.12 bits per heavy atom. The van der Waals surface area contributed by atoms with Gasteiger partial charge in [-0.15, -0.1) is 0 Å². The number of anilines is 2. The monoisotopic (exact) mass is 240 g/mol. The van der Waals surface area contributed by atoms with Crippen LogP contribution in [0.4, 0.5) is 11.4 Å². The molecule has 1 aromatic rings. The van der Waals surface area contributed by atoms with Crippen molar-refractivity contribution in [2.75, 3.05) is 31.0 Å². The maximum absolute atomic E-state index is 5.89. The third-order valence-electron chi connectivity index (χ3n) is 2.52. The van der Waals surface area contributed by atoms with E-state index in [4.69, 9.17) is 10.5 Å². The molecule has 1 rings (SSSR count). The largest absolute Gasteiger partial charge is 0.497 e. The lowest BCUT2D eigenvalue weighted by atomic mass is 10.2. The van der Waals surface area contributed by atoms with E-state index in [0.717, 1.165) is 23.7 Å². The second-order valence-electron chi connectivity index (χ2n) is 4.27. The molecular weight excluding hydrogens is 220 g/mol. The van der Waals surface area contributed by atoms with Gasteiger partial charge in [-0.25, -0.2) is 0 Å². The zero-order chi connectivity index (χ0) is 12.2. The summed E-state index contributed by atoms with van der Waals surface area (Å²) >= 11 is 1.83. The smallest absolute Gasteiger partial charge is 0.121 e. The Labute approximate surface area is 102 Å². The van der Waals surface area contributed by atoms with E-state index >= 15 is 0 Å². The highest BCUT2D eigenvalue weighted by Crippen LogP contribution is 2.27. The number of nitrogens with two attached hydrogens (primary N) is 1. The number of hydrogen-bond acceptors (Lipinski definition) is 4. The highest BCUT2D eigenvalue weighted by Gasteiger charge is 2.15. The number of benzene rings is 1. The summed E-state index contributed by atoms with van der Waals surface area (Å²) in [6.07, 6.45) is 2.11. The van der Waals surface area contributed by atoms with Crippen LogP contribution in [0.25, 0.3) is 0 Å². The van der Waals surface area contributed by atoms with Crippen LogP contribution in [-0.2, 0) is 0 Å². The predicted molar refractivity (Wildman–Crippen MR) is 73.5 cm³/mol. The first-order chi connectivity index (χ1) is 7.48. The molecule has 0 fully saturated rings. The maximum Gasteiger partial charge on any atom is 0.121 e. The molecule has 16 heavy (non-hydrogen) atoms. The minimum Gasteiger partial charge on any atom is -0.497 e. The van der Waals surface area contributed by atoms with E-state index in [9.17, 15) is 0 Å². The molecule has 0 aliphatic heterocycles. The summed E-state index contributed by atoms with van der Waals surface area (Å²) < 4.78 is 5.36. The molecule has 0 radical (unpaired) electrons. The lowest BCUT2D eigenvalue weighted by Crippen LogP contribution is -2.26. The highest BCUT2D eigenvalue weighted by molar-refractivity contribution is 7.99. The van der Waals surface area contributed by atoms with Gasteiger partial charge in [-0.3, -0.25) is 0 Å². The number of hydrogen-bond donors (Lipinski definition) is 2. The highest BCUT2D eigenvalue weighted by atomic mass is 32.2. The Morgan fingerprint density at radius 3 is 2.69 bits per heavy atom.